The van der Waals surface area contributed by atoms with E-state index in [4.69, 9.17) is 16.3 Å². The van der Waals surface area contributed by atoms with E-state index in [0.717, 1.165) is 47.5 Å². The summed E-state index contributed by atoms with van der Waals surface area (Å²) >= 11 is 7.86. The minimum absolute atomic E-state index is 0.761. The number of hydrogen-bond acceptors (Lipinski definition) is 4. The molecule has 0 amide bonds. The fraction of sp³-hybridized carbons (Fsp3) is 0.357. The third-order valence-electron chi connectivity index (χ3n) is 3.11. The molecule has 5 heteroatoms. The SMILES string of the molecule is Cc1ncc(CNCc2cc(Cl)cc3c2OCC3)s1. The van der Waals surface area contributed by atoms with Crippen molar-refractivity contribution >= 4 is 22.9 Å². The van der Waals surface area contributed by atoms with Crippen LogP contribution in [0.2, 0.25) is 5.02 Å². The topological polar surface area (TPSA) is 34.2 Å². The molecule has 2 heterocycles. The molecule has 100 valence electrons. The molecule has 0 radical (unpaired) electrons. The molecule has 1 aromatic carbocycles. The maximum absolute atomic E-state index is 6.14. The zero-order valence-electron chi connectivity index (χ0n) is 10.7. The lowest BCUT2D eigenvalue weighted by molar-refractivity contribution is 0.352. The normalized spacial score (nSPS) is 13.4. The molecule has 0 fully saturated rings. The van der Waals surface area contributed by atoms with E-state index in [1.807, 2.05) is 25.3 Å². The van der Waals surface area contributed by atoms with Crippen LogP contribution in [0.3, 0.4) is 0 Å². The molecule has 1 aromatic heterocycles. The summed E-state index contributed by atoms with van der Waals surface area (Å²) < 4.78 is 5.68. The van der Waals surface area contributed by atoms with E-state index < -0.39 is 0 Å². The van der Waals surface area contributed by atoms with Crippen LogP contribution in [-0.4, -0.2) is 11.6 Å². The number of thiazole rings is 1. The molecule has 0 saturated heterocycles. The Morgan fingerprint density at radius 2 is 2.32 bits per heavy atom. The average molecular weight is 295 g/mol. The number of hydrogen-bond donors (Lipinski definition) is 1. The lowest BCUT2D eigenvalue weighted by Crippen LogP contribution is -2.12. The van der Waals surface area contributed by atoms with Crippen molar-refractivity contribution in [3.05, 3.63) is 44.4 Å². The van der Waals surface area contributed by atoms with Crippen molar-refractivity contribution < 1.29 is 4.74 Å². The van der Waals surface area contributed by atoms with Crippen LogP contribution in [0.1, 0.15) is 21.0 Å². The van der Waals surface area contributed by atoms with E-state index in [1.165, 1.54) is 10.4 Å². The van der Waals surface area contributed by atoms with Crippen molar-refractivity contribution in [1.29, 1.82) is 0 Å². The molecule has 19 heavy (non-hydrogen) atoms. The smallest absolute Gasteiger partial charge is 0.127 e. The van der Waals surface area contributed by atoms with Crippen LogP contribution in [0.5, 0.6) is 5.75 Å². The standard InChI is InChI=1S/C14H15ClN2OS/c1-9-17-8-13(19-9)7-16-6-11-5-12(15)4-10-2-3-18-14(10)11/h4-5,8,16H,2-3,6-7H2,1H3. The predicted octanol–water partition coefficient (Wildman–Crippen LogP) is 3.33. The van der Waals surface area contributed by atoms with Crippen molar-refractivity contribution in [2.75, 3.05) is 6.61 Å². The van der Waals surface area contributed by atoms with Crippen LogP contribution in [0.25, 0.3) is 0 Å². The van der Waals surface area contributed by atoms with E-state index in [0.29, 0.717) is 0 Å². The number of aryl methyl sites for hydroxylation is 1. The molecule has 1 aliphatic heterocycles. The van der Waals surface area contributed by atoms with Crippen molar-refractivity contribution in [2.45, 2.75) is 26.4 Å². The first kappa shape index (κ1) is 12.9. The number of benzene rings is 1. The van der Waals surface area contributed by atoms with Gasteiger partial charge in [-0.3, -0.25) is 0 Å². The molecule has 0 atom stereocenters. The van der Waals surface area contributed by atoms with Gasteiger partial charge in [0.1, 0.15) is 5.75 Å². The lowest BCUT2D eigenvalue weighted by Gasteiger charge is -2.09. The summed E-state index contributed by atoms with van der Waals surface area (Å²) in [6.07, 6.45) is 2.88. The van der Waals surface area contributed by atoms with Gasteiger partial charge in [0, 0.05) is 41.2 Å². The third kappa shape index (κ3) is 2.91. The van der Waals surface area contributed by atoms with Crippen LogP contribution < -0.4 is 10.1 Å². The maximum Gasteiger partial charge on any atom is 0.127 e. The Kier molecular flexibility index (Phi) is 3.73. The predicted molar refractivity (Wildman–Crippen MR) is 78.0 cm³/mol. The molecule has 0 spiro atoms. The largest absolute Gasteiger partial charge is 0.493 e. The fourth-order valence-electron chi connectivity index (χ4n) is 2.28. The minimum Gasteiger partial charge on any atom is -0.493 e. The summed E-state index contributed by atoms with van der Waals surface area (Å²) in [6, 6.07) is 3.98. The van der Waals surface area contributed by atoms with Gasteiger partial charge >= 0.3 is 0 Å². The van der Waals surface area contributed by atoms with E-state index >= 15 is 0 Å². The lowest BCUT2D eigenvalue weighted by atomic mass is 10.1. The summed E-state index contributed by atoms with van der Waals surface area (Å²) in [5.74, 6) is 1.01. The summed E-state index contributed by atoms with van der Waals surface area (Å²) in [7, 11) is 0. The molecule has 0 bridgehead atoms. The zero-order valence-corrected chi connectivity index (χ0v) is 12.3. The second kappa shape index (κ2) is 5.49. The van der Waals surface area contributed by atoms with E-state index in [1.54, 1.807) is 11.3 Å². The monoisotopic (exact) mass is 294 g/mol. The summed E-state index contributed by atoms with van der Waals surface area (Å²) in [4.78, 5) is 5.49. The van der Waals surface area contributed by atoms with Crippen molar-refractivity contribution in [1.82, 2.24) is 10.3 Å². The van der Waals surface area contributed by atoms with Crippen molar-refractivity contribution in [2.24, 2.45) is 0 Å². The highest BCUT2D eigenvalue weighted by Gasteiger charge is 2.17. The Bertz CT molecular complexity index is 597. The van der Waals surface area contributed by atoms with Gasteiger partial charge in [0.25, 0.3) is 0 Å². The van der Waals surface area contributed by atoms with Crippen molar-refractivity contribution in [3.63, 3.8) is 0 Å². The first-order valence-corrected chi connectivity index (χ1v) is 7.48. The Morgan fingerprint density at radius 1 is 1.42 bits per heavy atom. The van der Waals surface area contributed by atoms with E-state index in [-0.39, 0.29) is 0 Å². The van der Waals surface area contributed by atoms with Crippen LogP contribution in [0, 0.1) is 6.92 Å². The molecule has 3 rings (SSSR count). The highest BCUT2D eigenvalue weighted by Crippen LogP contribution is 2.32. The van der Waals surface area contributed by atoms with Crippen molar-refractivity contribution in [3.8, 4) is 5.75 Å². The van der Waals surface area contributed by atoms with Gasteiger partial charge in [0.2, 0.25) is 0 Å². The highest BCUT2D eigenvalue weighted by molar-refractivity contribution is 7.11. The molecule has 0 saturated carbocycles. The molecule has 1 aliphatic rings. The number of aromatic nitrogens is 1. The van der Waals surface area contributed by atoms with Gasteiger partial charge in [-0.2, -0.15) is 0 Å². The van der Waals surface area contributed by atoms with Crippen LogP contribution in [-0.2, 0) is 19.5 Å². The van der Waals surface area contributed by atoms with Crippen LogP contribution in [0.4, 0.5) is 0 Å². The minimum atomic E-state index is 0.761. The number of halogens is 1. The van der Waals surface area contributed by atoms with Gasteiger partial charge in [-0.15, -0.1) is 11.3 Å². The number of nitrogens with zero attached hydrogens (tertiary/aromatic N) is 1. The van der Waals surface area contributed by atoms with Crippen LogP contribution in [0.15, 0.2) is 18.3 Å². The summed E-state index contributed by atoms with van der Waals surface area (Å²) in [6.45, 7) is 4.37. The molecular formula is C14H15ClN2OS. The molecule has 0 aliphatic carbocycles. The van der Waals surface area contributed by atoms with Gasteiger partial charge in [0.15, 0.2) is 0 Å². The highest BCUT2D eigenvalue weighted by atomic mass is 35.5. The first-order chi connectivity index (χ1) is 9.22. The average Bonchev–Trinajstić information content (AvgIpc) is 2.98. The van der Waals surface area contributed by atoms with Gasteiger partial charge in [0.05, 0.1) is 11.6 Å². The van der Waals surface area contributed by atoms with E-state index in [9.17, 15) is 0 Å². The second-order valence-electron chi connectivity index (χ2n) is 4.60. The fourth-order valence-corrected chi connectivity index (χ4v) is 3.31. The first-order valence-electron chi connectivity index (χ1n) is 6.28. The Hall–Kier alpha value is -1.10. The summed E-state index contributed by atoms with van der Waals surface area (Å²) in [5.41, 5.74) is 2.36. The van der Waals surface area contributed by atoms with Gasteiger partial charge in [-0.1, -0.05) is 11.6 Å². The zero-order chi connectivity index (χ0) is 13.2. The van der Waals surface area contributed by atoms with Gasteiger partial charge < -0.3 is 10.1 Å². The number of rotatable bonds is 4. The quantitative estimate of drug-likeness (QED) is 0.939. The Morgan fingerprint density at radius 3 is 3.11 bits per heavy atom. The third-order valence-corrected chi connectivity index (χ3v) is 4.24. The Balaban J connectivity index is 1.67. The number of fused-ring (bicyclic) bond motifs is 1. The number of ether oxygens (including phenoxy) is 1. The molecular weight excluding hydrogens is 280 g/mol. The molecule has 0 unspecified atom stereocenters. The number of nitrogens with one attached hydrogen (secondary N) is 1. The second-order valence-corrected chi connectivity index (χ2v) is 6.36. The maximum atomic E-state index is 6.14. The summed E-state index contributed by atoms with van der Waals surface area (Å²) in [5, 5.41) is 5.31. The Labute approximate surface area is 121 Å². The molecule has 1 N–H and O–H groups in total. The van der Waals surface area contributed by atoms with E-state index in [2.05, 4.69) is 10.3 Å². The van der Waals surface area contributed by atoms with Crippen LogP contribution >= 0.6 is 22.9 Å². The molecule has 2 aromatic rings. The van der Waals surface area contributed by atoms with Gasteiger partial charge in [-0.25, -0.2) is 4.98 Å². The molecule has 3 nitrogen and oxygen atoms in total. The van der Waals surface area contributed by atoms with Gasteiger partial charge in [-0.05, 0) is 24.6 Å².